The number of hydrogen-bond acceptors (Lipinski definition) is 2. The number of carbonyl (C=O) groups excluding carboxylic acids is 1. The molecule has 0 atom stereocenters. The van der Waals surface area contributed by atoms with Gasteiger partial charge in [0.1, 0.15) is 0 Å². The van der Waals surface area contributed by atoms with Gasteiger partial charge in [-0.3, -0.25) is 9.78 Å². The van der Waals surface area contributed by atoms with Crippen LogP contribution in [0.25, 0.3) is 16.5 Å². The Morgan fingerprint density at radius 2 is 1.68 bits per heavy atom. The van der Waals surface area contributed by atoms with Gasteiger partial charge in [-0.1, -0.05) is 48.5 Å². The molecule has 0 bridgehead atoms. The highest BCUT2D eigenvalue weighted by Gasteiger charge is 2.35. The maximum atomic E-state index is 13.3. The molecule has 0 saturated heterocycles. The summed E-state index contributed by atoms with van der Waals surface area (Å²) in [7, 11) is 0. The number of alkyl halides is 3. The molecule has 1 amide bonds. The topological polar surface area (TPSA) is 42.0 Å². The summed E-state index contributed by atoms with van der Waals surface area (Å²) in [6.07, 6.45) is -2.52. The van der Waals surface area contributed by atoms with Crippen LogP contribution in [0.15, 0.2) is 72.9 Å². The first-order chi connectivity index (χ1) is 11.9. The zero-order chi connectivity index (χ0) is 17.9. The van der Waals surface area contributed by atoms with Crippen LogP contribution in [-0.2, 0) is 4.79 Å². The monoisotopic (exact) mass is 342 g/mol. The molecule has 25 heavy (non-hydrogen) atoms. The number of benzene rings is 2. The Labute approximate surface area is 141 Å². The van der Waals surface area contributed by atoms with Crippen molar-refractivity contribution >= 4 is 28.1 Å². The summed E-state index contributed by atoms with van der Waals surface area (Å²) < 4.78 is 39.9. The van der Waals surface area contributed by atoms with Crippen molar-refractivity contribution in [1.82, 2.24) is 4.98 Å². The molecule has 0 aliphatic carbocycles. The van der Waals surface area contributed by atoms with Crippen LogP contribution in [0.3, 0.4) is 0 Å². The predicted molar refractivity (Wildman–Crippen MR) is 90.8 cm³/mol. The van der Waals surface area contributed by atoms with Gasteiger partial charge in [-0.05, 0) is 17.7 Å². The average Bonchev–Trinajstić information content (AvgIpc) is 2.60. The van der Waals surface area contributed by atoms with Crippen molar-refractivity contribution < 1.29 is 18.0 Å². The first kappa shape index (κ1) is 16.7. The predicted octanol–water partition coefficient (Wildman–Crippen LogP) is 4.82. The number of rotatable bonds is 3. The number of amides is 1. The lowest BCUT2D eigenvalue weighted by molar-refractivity contribution is -0.112. The molecule has 0 radical (unpaired) electrons. The van der Waals surface area contributed by atoms with E-state index >= 15 is 0 Å². The van der Waals surface area contributed by atoms with Crippen LogP contribution in [0.5, 0.6) is 0 Å². The van der Waals surface area contributed by atoms with E-state index in [2.05, 4.69) is 10.3 Å². The van der Waals surface area contributed by atoms with Crippen LogP contribution < -0.4 is 5.32 Å². The van der Waals surface area contributed by atoms with Gasteiger partial charge in [0, 0.05) is 17.7 Å². The maximum Gasteiger partial charge on any atom is 0.417 e. The molecule has 0 spiro atoms. The van der Waals surface area contributed by atoms with Crippen LogP contribution >= 0.6 is 0 Å². The highest BCUT2D eigenvalue weighted by molar-refractivity contribution is 6.08. The lowest BCUT2D eigenvalue weighted by Crippen LogP contribution is -2.16. The molecule has 1 N–H and O–H groups in total. The van der Waals surface area contributed by atoms with E-state index in [1.807, 2.05) is 0 Å². The first-order valence-electron chi connectivity index (χ1n) is 7.44. The second kappa shape index (κ2) is 6.76. The summed E-state index contributed by atoms with van der Waals surface area (Å²) in [5.41, 5.74) is -0.200. The van der Waals surface area contributed by atoms with Crippen molar-refractivity contribution in [3.63, 3.8) is 0 Å². The van der Waals surface area contributed by atoms with E-state index in [0.29, 0.717) is 17.3 Å². The molecule has 2 aromatic carbocycles. The Kier molecular flexibility index (Phi) is 4.52. The number of anilines is 1. The zero-order valence-electron chi connectivity index (χ0n) is 12.9. The average molecular weight is 342 g/mol. The summed E-state index contributed by atoms with van der Waals surface area (Å²) in [6.45, 7) is 0. The number of nitrogens with zero attached hydrogens (tertiary/aromatic N) is 1. The van der Waals surface area contributed by atoms with E-state index in [1.54, 1.807) is 42.6 Å². The summed E-state index contributed by atoms with van der Waals surface area (Å²) in [4.78, 5) is 16.3. The Hall–Kier alpha value is -3.15. The van der Waals surface area contributed by atoms with Crippen LogP contribution in [0.2, 0.25) is 0 Å². The Morgan fingerprint density at radius 3 is 2.40 bits per heavy atom. The molecule has 0 saturated carbocycles. The number of carbonyl (C=O) groups is 1. The van der Waals surface area contributed by atoms with Crippen molar-refractivity contribution in [2.75, 3.05) is 5.32 Å². The molecule has 0 unspecified atom stereocenters. The first-order valence-corrected chi connectivity index (χ1v) is 7.44. The van der Waals surface area contributed by atoms with Crippen molar-refractivity contribution in [1.29, 1.82) is 0 Å². The molecule has 0 aliphatic rings. The molecule has 3 rings (SSSR count). The van der Waals surface area contributed by atoms with Crippen molar-refractivity contribution in [3.8, 4) is 0 Å². The molecule has 0 fully saturated rings. The van der Waals surface area contributed by atoms with Crippen molar-refractivity contribution in [2.24, 2.45) is 0 Å². The van der Waals surface area contributed by atoms with E-state index < -0.39 is 17.7 Å². The number of pyridine rings is 1. The minimum Gasteiger partial charge on any atom is -0.321 e. The quantitative estimate of drug-likeness (QED) is 0.694. The number of fused-ring (bicyclic) bond motifs is 1. The van der Waals surface area contributed by atoms with Gasteiger partial charge < -0.3 is 5.32 Å². The third kappa shape index (κ3) is 3.85. The van der Waals surface area contributed by atoms with Crippen LogP contribution in [-0.4, -0.2) is 17.1 Å². The van der Waals surface area contributed by atoms with E-state index in [9.17, 15) is 18.0 Å². The van der Waals surface area contributed by atoms with E-state index in [-0.39, 0.29) is 5.56 Å². The van der Waals surface area contributed by atoms with Crippen molar-refractivity contribution in [2.45, 2.75) is 6.18 Å². The lowest BCUT2D eigenvalue weighted by Gasteiger charge is -2.12. The fourth-order valence-corrected chi connectivity index (χ4v) is 2.45. The van der Waals surface area contributed by atoms with Crippen molar-refractivity contribution in [3.05, 3.63) is 78.5 Å². The standard InChI is InChI=1S/C19H13F3N2O/c20-19(21,22)15(13-6-2-1-3-7-13)12-17(25)24-16-10-4-8-14-9-5-11-23-18(14)16/h1-12H,(H,24,25)/b15-12-. The molecule has 0 aliphatic heterocycles. The van der Waals surface area contributed by atoms with Crippen LogP contribution in [0.1, 0.15) is 5.56 Å². The largest absolute Gasteiger partial charge is 0.417 e. The van der Waals surface area contributed by atoms with Crippen LogP contribution in [0, 0.1) is 0 Å². The number of nitrogens with one attached hydrogen (secondary N) is 1. The molecule has 6 heteroatoms. The fourth-order valence-electron chi connectivity index (χ4n) is 2.45. The minimum atomic E-state index is -4.64. The molecule has 126 valence electrons. The SMILES string of the molecule is O=C(/C=C(/c1ccccc1)C(F)(F)F)Nc1cccc2cccnc12. The van der Waals surface area contributed by atoms with Gasteiger partial charge in [-0.25, -0.2) is 0 Å². The molecule has 3 aromatic rings. The van der Waals surface area contributed by atoms with Gasteiger partial charge in [0.25, 0.3) is 0 Å². The Balaban J connectivity index is 1.95. The summed E-state index contributed by atoms with van der Waals surface area (Å²) in [5, 5.41) is 3.26. The smallest absolute Gasteiger partial charge is 0.321 e. The molecule has 1 aromatic heterocycles. The highest BCUT2D eigenvalue weighted by Crippen LogP contribution is 2.33. The second-order valence-electron chi connectivity index (χ2n) is 5.29. The van der Waals surface area contributed by atoms with E-state index in [4.69, 9.17) is 0 Å². The fraction of sp³-hybridized carbons (Fsp3) is 0.0526. The highest BCUT2D eigenvalue weighted by atomic mass is 19.4. The van der Waals surface area contributed by atoms with Gasteiger partial charge in [0.2, 0.25) is 5.91 Å². The maximum absolute atomic E-state index is 13.3. The van der Waals surface area contributed by atoms with Gasteiger partial charge in [0.15, 0.2) is 0 Å². The summed E-state index contributed by atoms with van der Waals surface area (Å²) in [5.74, 6) is -0.866. The van der Waals surface area contributed by atoms with Gasteiger partial charge in [0.05, 0.1) is 16.8 Å². The number of aromatic nitrogens is 1. The molecular formula is C19H13F3N2O. The lowest BCUT2D eigenvalue weighted by atomic mass is 10.1. The van der Waals surface area contributed by atoms with Gasteiger partial charge in [-0.15, -0.1) is 0 Å². The number of hydrogen-bond donors (Lipinski definition) is 1. The number of halogens is 3. The molecule has 1 heterocycles. The summed E-state index contributed by atoms with van der Waals surface area (Å²) >= 11 is 0. The Bertz CT molecular complexity index is 929. The van der Waals surface area contributed by atoms with Crippen LogP contribution in [0.4, 0.5) is 18.9 Å². The van der Waals surface area contributed by atoms with E-state index in [1.165, 1.54) is 24.3 Å². The number of allylic oxidation sites excluding steroid dienone is 1. The minimum absolute atomic E-state index is 0.0683. The molecule has 3 nitrogen and oxygen atoms in total. The van der Waals surface area contributed by atoms with Gasteiger partial charge >= 0.3 is 6.18 Å². The normalized spacial score (nSPS) is 12.2. The third-order valence-corrected chi connectivity index (χ3v) is 3.56. The Morgan fingerprint density at radius 1 is 0.960 bits per heavy atom. The van der Waals surface area contributed by atoms with Gasteiger partial charge in [-0.2, -0.15) is 13.2 Å². The summed E-state index contributed by atoms with van der Waals surface area (Å²) in [6, 6.07) is 15.9. The third-order valence-electron chi connectivity index (χ3n) is 3.56. The molecular weight excluding hydrogens is 329 g/mol. The number of para-hydroxylation sites is 1. The second-order valence-corrected chi connectivity index (χ2v) is 5.29. The zero-order valence-corrected chi connectivity index (χ0v) is 12.9. The van der Waals surface area contributed by atoms with E-state index in [0.717, 1.165) is 5.39 Å².